The molecule has 2 amide bonds. The number of carbonyl (C=O) groups excluding carboxylic acids is 2. The Balaban J connectivity index is 1.47. The molecule has 2 aliphatic carbocycles. The highest BCUT2D eigenvalue weighted by Gasteiger charge is 2.53. The molecule has 0 aromatic carbocycles. The highest BCUT2D eigenvalue weighted by molar-refractivity contribution is 8.01. The number of carbonyl (C=O) groups is 2. The average molecular weight is 294 g/mol. The Morgan fingerprint density at radius 1 is 1.35 bits per heavy atom. The van der Waals surface area contributed by atoms with E-state index in [2.05, 4.69) is 12.2 Å². The van der Waals surface area contributed by atoms with E-state index in [9.17, 15) is 9.59 Å². The summed E-state index contributed by atoms with van der Waals surface area (Å²) in [6.07, 6.45) is 6.54. The van der Waals surface area contributed by atoms with Crippen LogP contribution in [0.25, 0.3) is 0 Å². The number of hydrogen-bond donors (Lipinski definition) is 1. The van der Waals surface area contributed by atoms with E-state index in [-0.39, 0.29) is 22.7 Å². The van der Waals surface area contributed by atoms with Crippen molar-refractivity contribution < 1.29 is 9.59 Å². The molecule has 4 aliphatic rings. The lowest BCUT2D eigenvalue weighted by Gasteiger charge is -2.31. The second-order valence-electron chi connectivity index (χ2n) is 6.97. The summed E-state index contributed by atoms with van der Waals surface area (Å²) in [6.45, 7) is 2.11. The summed E-state index contributed by atoms with van der Waals surface area (Å²) in [5.74, 6) is 2.44. The minimum atomic E-state index is -0.236. The number of amides is 2. The van der Waals surface area contributed by atoms with Crippen molar-refractivity contribution in [3.8, 4) is 0 Å². The van der Waals surface area contributed by atoms with Gasteiger partial charge in [0.05, 0.1) is 4.87 Å². The van der Waals surface area contributed by atoms with Crippen LogP contribution in [0.5, 0.6) is 0 Å². The van der Waals surface area contributed by atoms with Crippen LogP contribution in [0.15, 0.2) is 0 Å². The summed E-state index contributed by atoms with van der Waals surface area (Å²) in [6, 6.07) is 0.150. The Labute approximate surface area is 124 Å². The fourth-order valence-electron chi connectivity index (χ4n) is 3.81. The minimum absolute atomic E-state index is 0.0975. The molecule has 5 heteroatoms. The fraction of sp³-hybridized carbons (Fsp3) is 0.867. The molecule has 2 aliphatic heterocycles. The zero-order valence-corrected chi connectivity index (χ0v) is 12.7. The van der Waals surface area contributed by atoms with Gasteiger partial charge < -0.3 is 10.2 Å². The average Bonchev–Trinajstić information content (AvgIpc) is 3.31. The van der Waals surface area contributed by atoms with Gasteiger partial charge in [0.1, 0.15) is 6.04 Å². The van der Waals surface area contributed by atoms with E-state index in [0.717, 1.165) is 12.2 Å². The molecule has 0 unspecified atom stereocenters. The van der Waals surface area contributed by atoms with Gasteiger partial charge in [0, 0.05) is 18.2 Å². The molecule has 4 nitrogen and oxygen atoms in total. The Morgan fingerprint density at radius 3 is 2.60 bits per heavy atom. The van der Waals surface area contributed by atoms with Gasteiger partial charge >= 0.3 is 0 Å². The summed E-state index contributed by atoms with van der Waals surface area (Å²) in [5.41, 5.74) is 0. The van der Waals surface area contributed by atoms with Crippen molar-refractivity contribution in [2.24, 2.45) is 11.8 Å². The maximum absolute atomic E-state index is 12.6. The molecule has 2 saturated heterocycles. The van der Waals surface area contributed by atoms with Crippen LogP contribution in [0, 0.1) is 11.8 Å². The van der Waals surface area contributed by atoms with E-state index < -0.39 is 0 Å². The van der Waals surface area contributed by atoms with Crippen LogP contribution in [0.2, 0.25) is 0 Å². The first-order chi connectivity index (χ1) is 9.58. The second kappa shape index (κ2) is 4.39. The van der Waals surface area contributed by atoms with Crippen molar-refractivity contribution in [2.75, 3.05) is 5.75 Å². The van der Waals surface area contributed by atoms with Crippen molar-refractivity contribution in [3.63, 3.8) is 0 Å². The van der Waals surface area contributed by atoms with Gasteiger partial charge in [-0.3, -0.25) is 9.59 Å². The molecule has 0 aromatic rings. The Kier molecular flexibility index (Phi) is 2.85. The zero-order chi connectivity index (χ0) is 13.9. The van der Waals surface area contributed by atoms with Gasteiger partial charge in [-0.15, -0.1) is 11.8 Å². The number of fused-ring (bicyclic) bond motifs is 1. The second-order valence-corrected chi connectivity index (χ2v) is 8.48. The van der Waals surface area contributed by atoms with E-state index >= 15 is 0 Å². The van der Waals surface area contributed by atoms with Crippen molar-refractivity contribution in [1.29, 1.82) is 0 Å². The summed E-state index contributed by atoms with van der Waals surface area (Å²) in [4.78, 5) is 26.5. The van der Waals surface area contributed by atoms with Gasteiger partial charge in [-0.05, 0) is 50.9 Å². The molecule has 2 saturated carbocycles. The zero-order valence-electron chi connectivity index (χ0n) is 11.9. The van der Waals surface area contributed by atoms with E-state index in [0.29, 0.717) is 24.3 Å². The van der Waals surface area contributed by atoms with E-state index in [4.69, 9.17) is 0 Å². The van der Waals surface area contributed by atoms with Crippen LogP contribution in [-0.2, 0) is 9.59 Å². The standard InChI is InChI=1S/C15H22N2O2S/c1-15-7-6-12(18)17(15)11(8-20-15)14(19)16-13(9-2-3-9)10-4-5-10/h9-11,13H,2-8H2,1H3,(H,16,19)/t11-,15-/m0/s1. The quantitative estimate of drug-likeness (QED) is 0.859. The first kappa shape index (κ1) is 13.0. The third kappa shape index (κ3) is 2.05. The van der Waals surface area contributed by atoms with Crippen LogP contribution in [0.3, 0.4) is 0 Å². The Morgan fingerprint density at radius 2 is 2.00 bits per heavy atom. The molecule has 4 fully saturated rings. The fourth-order valence-corrected chi connectivity index (χ4v) is 5.24. The van der Waals surface area contributed by atoms with Gasteiger partial charge in [0.25, 0.3) is 0 Å². The van der Waals surface area contributed by atoms with Crippen LogP contribution >= 0.6 is 11.8 Å². The molecular weight excluding hydrogens is 272 g/mol. The molecule has 110 valence electrons. The highest BCUT2D eigenvalue weighted by atomic mass is 32.2. The lowest BCUT2D eigenvalue weighted by molar-refractivity contribution is -0.138. The molecule has 2 heterocycles. The summed E-state index contributed by atoms with van der Waals surface area (Å²) in [5, 5.41) is 3.29. The van der Waals surface area contributed by atoms with Crippen molar-refractivity contribution in [3.05, 3.63) is 0 Å². The van der Waals surface area contributed by atoms with Crippen molar-refractivity contribution >= 4 is 23.6 Å². The summed E-state index contributed by atoms with van der Waals surface area (Å²) < 4.78 is 0. The van der Waals surface area contributed by atoms with Crippen LogP contribution in [-0.4, -0.2) is 39.4 Å². The van der Waals surface area contributed by atoms with Crippen LogP contribution < -0.4 is 5.32 Å². The molecule has 2 atom stereocenters. The van der Waals surface area contributed by atoms with E-state index in [1.54, 1.807) is 11.8 Å². The Bertz CT molecular complexity index is 449. The Hall–Kier alpha value is -0.710. The number of nitrogens with one attached hydrogen (secondary N) is 1. The molecular formula is C15H22N2O2S. The first-order valence-corrected chi connectivity index (χ1v) is 8.83. The molecule has 20 heavy (non-hydrogen) atoms. The van der Waals surface area contributed by atoms with Crippen LogP contribution in [0.1, 0.15) is 45.4 Å². The van der Waals surface area contributed by atoms with Gasteiger partial charge in [-0.1, -0.05) is 0 Å². The lowest BCUT2D eigenvalue weighted by atomic mass is 10.1. The number of rotatable bonds is 4. The highest BCUT2D eigenvalue weighted by Crippen LogP contribution is 2.48. The smallest absolute Gasteiger partial charge is 0.243 e. The van der Waals surface area contributed by atoms with E-state index in [1.807, 2.05) is 4.90 Å². The largest absolute Gasteiger partial charge is 0.351 e. The molecule has 0 spiro atoms. The number of nitrogens with zero attached hydrogens (tertiary/aromatic N) is 1. The van der Waals surface area contributed by atoms with E-state index in [1.165, 1.54) is 25.7 Å². The summed E-state index contributed by atoms with van der Waals surface area (Å²) >= 11 is 1.77. The van der Waals surface area contributed by atoms with Gasteiger partial charge in [0.15, 0.2) is 0 Å². The third-order valence-corrected chi connectivity index (χ3v) is 6.82. The maximum Gasteiger partial charge on any atom is 0.243 e. The predicted octanol–water partition coefficient (Wildman–Crippen LogP) is 1.75. The van der Waals surface area contributed by atoms with Gasteiger partial charge in [-0.25, -0.2) is 0 Å². The number of hydrogen-bond acceptors (Lipinski definition) is 3. The molecule has 0 aromatic heterocycles. The normalized spacial score (nSPS) is 36.6. The monoisotopic (exact) mass is 294 g/mol. The van der Waals surface area contributed by atoms with Gasteiger partial charge in [-0.2, -0.15) is 0 Å². The number of thioether (sulfide) groups is 1. The van der Waals surface area contributed by atoms with Crippen molar-refractivity contribution in [2.45, 2.75) is 62.4 Å². The minimum Gasteiger partial charge on any atom is -0.351 e. The predicted molar refractivity (Wildman–Crippen MR) is 78.1 cm³/mol. The molecule has 4 rings (SSSR count). The topological polar surface area (TPSA) is 49.4 Å². The molecule has 0 bridgehead atoms. The SMILES string of the molecule is C[C@]12CCC(=O)N1[C@H](C(=O)NC(C1CC1)C1CC1)CS2. The maximum atomic E-state index is 12.6. The molecule has 1 N–H and O–H groups in total. The van der Waals surface area contributed by atoms with Crippen LogP contribution in [0.4, 0.5) is 0 Å². The third-order valence-electron chi connectivity index (χ3n) is 5.32. The summed E-state index contributed by atoms with van der Waals surface area (Å²) in [7, 11) is 0. The molecule has 0 radical (unpaired) electrons. The first-order valence-electron chi connectivity index (χ1n) is 7.85. The van der Waals surface area contributed by atoms with Gasteiger partial charge in [0.2, 0.25) is 11.8 Å². The lowest BCUT2D eigenvalue weighted by Crippen LogP contribution is -2.52. The van der Waals surface area contributed by atoms with Crippen molar-refractivity contribution in [1.82, 2.24) is 10.2 Å².